The van der Waals surface area contributed by atoms with Gasteiger partial charge >= 0.3 is 5.97 Å². The van der Waals surface area contributed by atoms with Gasteiger partial charge in [-0.15, -0.1) is 0 Å². The Balaban J connectivity index is 1.64. The fourth-order valence-corrected chi connectivity index (χ4v) is 2.75. The van der Waals surface area contributed by atoms with E-state index in [4.69, 9.17) is 9.47 Å². The summed E-state index contributed by atoms with van der Waals surface area (Å²) in [6.07, 6.45) is 0. The Kier molecular flexibility index (Phi) is 5.87. The third-order valence-corrected chi connectivity index (χ3v) is 4.28. The minimum atomic E-state index is -0.838. The van der Waals surface area contributed by atoms with Crippen molar-refractivity contribution in [2.45, 2.75) is 6.54 Å². The summed E-state index contributed by atoms with van der Waals surface area (Å²) in [6.45, 7) is -0.403. The number of methoxy groups -OCH3 is 1. The van der Waals surface area contributed by atoms with Crippen molar-refractivity contribution < 1.29 is 23.5 Å². The molecule has 8 nitrogen and oxygen atoms in total. The lowest BCUT2D eigenvalue weighted by molar-refractivity contribution is -0.133. The van der Waals surface area contributed by atoms with Gasteiger partial charge in [0.05, 0.1) is 12.5 Å². The maximum atomic E-state index is 13.8. The predicted octanol–water partition coefficient (Wildman–Crippen LogP) is 1.89. The lowest BCUT2D eigenvalue weighted by Gasteiger charge is -2.17. The smallest absolute Gasteiger partial charge is 0.359 e. The molecule has 0 spiro atoms. The van der Waals surface area contributed by atoms with E-state index in [1.54, 1.807) is 30.3 Å². The number of nitrogens with zero attached hydrogens (tertiary/aromatic N) is 2. The first kappa shape index (κ1) is 20.0. The maximum Gasteiger partial charge on any atom is 0.359 e. The van der Waals surface area contributed by atoms with Crippen LogP contribution in [0.4, 0.5) is 4.39 Å². The fourth-order valence-electron chi connectivity index (χ4n) is 2.75. The van der Waals surface area contributed by atoms with Crippen molar-refractivity contribution in [3.63, 3.8) is 0 Å². The van der Waals surface area contributed by atoms with Crippen molar-refractivity contribution in [2.75, 3.05) is 20.8 Å². The maximum absolute atomic E-state index is 13.8. The molecule has 150 valence electrons. The number of hydrogen-bond acceptors (Lipinski definition) is 6. The van der Waals surface area contributed by atoms with Crippen LogP contribution in [0.25, 0.3) is 10.8 Å². The zero-order valence-corrected chi connectivity index (χ0v) is 15.8. The second kappa shape index (κ2) is 8.51. The first-order chi connectivity index (χ1) is 13.9. The Bertz CT molecular complexity index is 1130. The van der Waals surface area contributed by atoms with Crippen LogP contribution in [0, 0.1) is 5.82 Å². The molecule has 0 unspecified atom stereocenters. The molecule has 0 aliphatic rings. The number of halogens is 1. The van der Waals surface area contributed by atoms with Gasteiger partial charge in [0.25, 0.3) is 11.5 Å². The van der Waals surface area contributed by atoms with Crippen LogP contribution in [0.5, 0.6) is 5.75 Å². The summed E-state index contributed by atoms with van der Waals surface area (Å²) in [5.74, 6) is -1.75. The number of hydrogen-bond donors (Lipinski definition) is 1. The summed E-state index contributed by atoms with van der Waals surface area (Å²) in [6, 6.07) is 10.8. The molecule has 9 heteroatoms. The molecule has 2 aromatic carbocycles. The van der Waals surface area contributed by atoms with Gasteiger partial charge in [0.1, 0.15) is 0 Å². The third-order valence-electron chi connectivity index (χ3n) is 4.28. The topological polar surface area (TPSA) is 102 Å². The van der Waals surface area contributed by atoms with Crippen molar-refractivity contribution in [3.8, 4) is 5.75 Å². The summed E-state index contributed by atoms with van der Waals surface area (Å²) in [4.78, 5) is 37.7. The van der Waals surface area contributed by atoms with Gasteiger partial charge in [0, 0.05) is 19.0 Å². The second-order valence-electron chi connectivity index (χ2n) is 6.24. The summed E-state index contributed by atoms with van der Waals surface area (Å²) in [5.41, 5.74) is 0.0336. The number of H-pyrrole nitrogens is 1. The number of rotatable bonds is 6. The number of nitrogens with one attached hydrogen (secondary N) is 1. The number of esters is 1. The van der Waals surface area contributed by atoms with E-state index in [0.717, 1.165) is 0 Å². The Morgan fingerprint density at radius 1 is 1.17 bits per heavy atom. The largest absolute Gasteiger partial charge is 0.494 e. The van der Waals surface area contributed by atoms with E-state index in [1.165, 1.54) is 31.2 Å². The van der Waals surface area contributed by atoms with Crippen LogP contribution in [0.2, 0.25) is 0 Å². The first-order valence-electron chi connectivity index (χ1n) is 8.61. The van der Waals surface area contributed by atoms with E-state index in [2.05, 4.69) is 10.2 Å². The van der Waals surface area contributed by atoms with Crippen LogP contribution < -0.4 is 10.3 Å². The number of aromatic amines is 1. The molecular formula is C20H18FN3O5. The summed E-state index contributed by atoms with van der Waals surface area (Å²) in [5, 5.41) is 6.59. The van der Waals surface area contributed by atoms with Crippen molar-refractivity contribution >= 4 is 22.6 Å². The minimum Gasteiger partial charge on any atom is -0.494 e. The number of aromatic nitrogens is 2. The lowest BCUT2D eigenvalue weighted by Crippen LogP contribution is -2.31. The number of carbonyl (C=O) groups is 2. The standard InChI is InChI=1S/C20H18FN3O5/c1-24(10-12-7-8-16(28-2)15(21)9-12)17(25)11-29-20(27)18-13-5-3-4-6-14(13)19(26)23-22-18/h3-9H,10-11H2,1-2H3,(H,23,26). The molecule has 0 saturated heterocycles. The monoisotopic (exact) mass is 399 g/mol. The molecule has 0 saturated carbocycles. The lowest BCUT2D eigenvalue weighted by atomic mass is 10.1. The molecule has 0 radical (unpaired) electrons. The van der Waals surface area contributed by atoms with Gasteiger partial charge in [-0.1, -0.05) is 24.3 Å². The van der Waals surface area contributed by atoms with Crippen LogP contribution in [-0.4, -0.2) is 47.7 Å². The van der Waals surface area contributed by atoms with Crippen LogP contribution in [0.1, 0.15) is 16.1 Å². The van der Waals surface area contributed by atoms with E-state index in [1.807, 2.05) is 0 Å². The van der Waals surface area contributed by atoms with E-state index in [0.29, 0.717) is 16.3 Å². The van der Waals surface area contributed by atoms with Gasteiger partial charge in [-0.05, 0) is 23.8 Å². The molecule has 0 aliphatic carbocycles. The zero-order chi connectivity index (χ0) is 21.0. The Labute approximate surface area is 164 Å². The molecule has 1 amide bonds. The molecule has 1 N–H and O–H groups in total. The molecule has 3 rings (SSSR count). The Morgan fingerprint density at radius 2 is 1.90 bits per heavy atom. The molecule has 0 fully saturated rings. The van der Waals surface area contributed by atoms with Gasteiger partial charge in [-0.2, -0.15) is 5.10 Å². The molecule has 1 heterocycles. The molecule has 0 atom stereocenters. The highest BCUT2D eigenvalue weighted by Crippen LogP contribution is 2.18. The highest BCUT2D eigenvalue weighted by molar-refractivity contribution is 6.02. The number of amides is 1. The van der Waals surface area contributed by atoms with Crippen LogP contribution in [-0.2, 0) is 16.1 Å². The number of benzene rings is 2. The van der Waals surface area contributed by atoms with E-state index >= 15 is 0 Å². The zero-order valence-electron chi connectivity index (χ0n) is 15.8. The molecule has 1 aromatic heterocycles. The number of carbonyl (C=O) groups excluding carboxylic acids is 2. The predicted molar refractivity (Wildman–Crippen MR) is 102 cm³/mol. The van der Waals surface area contributed by atoms with E-state index in [9.17, 15) is 18.8 Å². The van der Waals surface area contributed by atoms with Crippen LogP contribution >= 0.6 is 0 Å². The average Bonchev–Trinajstić information content (AvgIpc) is 2.72. The highest BCUT2D eigenvalue weighted by Gasteiger charge is 2.18. The summed E-state index contributed by atoms with van der Waals surface area (Å²) < 4.78 is 23.7. The van der Waals surface area contributed by atoms with Gasteiger partial charge in [0.2, 0.25) is 0 Å². The van der Waals surface area contributed by atoms with E-state index < -0.39 is 29.9 Å². The van der Waals surface area contributed by atoms with Crippen LogP contribution in [0.15, 0.2) is 47.3 Å². The fraction of sp³-hybridized carbons (Fsp3) is 0.200. The normalized spacial score (nSPS) is 10.6. The van der Waals surface area contributed by atoms with Gasteiger partial charge in [0.15, 0.2) is 23.9 Å². The van der Waals surface area contributed by atoms with Crippen molar-refractivity contribution in [1.29, 1.82) is 0 Å². The summed E-state index contributed by atoms with van der Waals surface area (Å²) >= 11 is 0. The molecule has 29 heavy (non-hydrogen) atoms. The second-order valence-corrected chi connectivity index (χ2v) is 6.24. The molecular weight excluding hydrogens is 381 g/mol. The number of fused-ring (bicyclic) bond motifs is 1. The van der Waals surface area contributed by atoms with Gasteiger partial charge in [-0.3, -0.25) is 9.59 Å². The minimum absolute atomic E-state index is 0.0899. The van der Waals surface area contributed by atoms with Gasteiger partial charge in [-0.25, -0.2) is 14.3 Å². The van der Waals surface area contributed by atoms with Gasteiger partial charge < -0.3 is 14.4 Å². The molecule has 3 aromatic rings. The first-order valence-corrected chi connectivity index (χ1v) is 8.61. The molecule has 0 aliphatic heterocycles. The summed E-state index contributed by atoms with van der Waals surface area (Å²) in [7, 11) is 2.87. The Hall–Kier alpha value is -3.75. The number of ether oxygens (including phenoxy) is 2. The highest BCUT2D eigenvalue weighted by atomic mass is 19.1. The SMILES string of the molecule is COc1ccc(CN(C)C(=O)COC(=O)c2n[nH]c(=O)c3ccccc23)cc1F. The quantitative estimate of drug-likeness (QED) is 0.635. The van der Waals surface area contributed by atoms with Crippen LogP contribution in [0.3, 0.4) is 0 Å². The molecule has 0 bridgehead atoms. The average molecular weight is 399 g/mol. The van der Waals surface area contributed by atoms with E-state index in [-0.39, 0.29) is 18.0 Å². The van der Waals surface area contributed by atoms with Crippen molar-refractivity contribution in [3.05, 3.63) is 69.9 Å². The third kappa shape index (κ3) is 4.40. The van der Waals surface area contributed by atoms with Crippen molar-refractivity contribution in [2.24, 2.45) is 0 Å². The number of likely N-dealkylation sites (N-methyl/N-ethyl adjacent to an activating group) is 1. The Morgan fingerprint density at radius 3 is 2.59 bits per heavy atom. The van der Waals surface area contributed by atoms with Crippen molar-refractivity contribution in [1.82, 2.24) is 15.1 Å².